The number of sulfonamides is 1. The summed E-state index contributed by atoms with van der Waals surface area (Å²) >= 11 is 0. The van der Waals surface area contributed by atoms with Gasteiger partial charge in [-0.25, -0.2) is 8.42 Å². The third-order valence-corrected chi connectivity index (χ3v) is 7.11. The Hall–Kier alpha value is -2.34. The summed E-state index contributed by atoms with van der Waals surface area (Å²) in [7, 11) is -2.16. The Morgan fingerprint density at radius 2 is 1.57 bits per heavy atom. The molecule has 150 valence electrons. The molecule has 2 aromatic rings. The molecule has 0 unspecified atom stereocenters. The lowest BCUT2D eigenvalue weighted by atomic mass is 9.96. The molecular weight excluding hydrogens is 372 g/mol. The predicted octanol–water partition coefficient (Wildman–Crippen LogP) is 4.35. The number of hydrogen-bond donors (Lipinski definition) is 1. The van der Waals surface area contributed by atoms with Crippen LogP contribution in [0.3, 0.4) is 0 Å². The van der Waals surface area contributed by atoms with Crippen LogP contribution in [0.4, 0.5) is 5.69 Å². The number of nitrogens with zero attached hydrogens (tertiary/aromatic N) is 1. The number of anilines is 1. The lowest BCUT2D eigenvalue weighted by molar-refractivity contribution is 0.0930. The van der Waals surface area contributed by atoms with Crippen LogP contribution in [0.25, 0.3) is 0 Å². The largest absolute Gasteiger partial charge is 0.349 e. The minimum Gasteiger partial charge on any atom is -0.349 e. The van der Waals surface area contributed by atoms with Crippen molar-refractivity contribution in [1.82, 2.24) is 5.32 Å². The molecule has 2 aromatic carbocycles. The van der Waals surface area contributed by atoms with Crippen LogP contribution in [0.2, 0.25) is 0 Å². The highest BCUT2D eigenvalue weighted by atomic mass is 32.2. The van der Waals surface area contributed by atoms with Crippen molar-refractivity contribution >= 4 is 21.6 Å². The van der Waals surface area contributed by atoms with E-state index in [1.165, 1.54) is 30.6 Å². The Labute approximate surface area is 167 Å². The van der Waals surface area contributed by atoms with Crippen molar-refractivity contribution in [3.8, 4) is 0 Å². The first kappa shape index (κ1) is 20.4. The van der Waals surface area contributed by atoms with Gasteiger partial charge in [-0.1, -0.05) is 56.4 Å². The van der Waals surface area contributed by atoms with E-state index < -0.39 is 10.0 Å². The van der Waals surface area contributed by atoms with Crippen molar-refractivity contribution in [3.63, 3.8) is 0 Å². The molecule has 1 amide bonds. The molecule has 0 radical (unpaired) electrons. The van der Waals surface area contributed by atoms with Crippen LogP contribution >= 0.6 is 0 Å². The first-order valence-electron chi connectivity index (χ1n) is 9.93. The van der Waals surface area contributed by atoms with E-state index in [0.717, 1.165) is 25.7 Å². The second-order valence-corrected chi connectivity index (χ2v) is 9.32. The molecule has 0 bridgehead atoms. The Morgan fingerprint density at radius 1 is 0.929 bits per heavy atom. The standard InChI is InChI=1S/C22H28N2O3S/c1-24(28(26,27)21-15-8-5-9-16-21)20-14-10-11-18(17-20)22(25)23-19-12-6-3-2-4-7-13-19/h5,8-11,14-17,19H,2-4,6-7,12-13H2,1H3,(H,23,25). The summed E-state index contributed by atoms with van der Waals surface area (Å²) in [6.45, 7) is 0. The Bertz CT molecular complexity index is 889. The van der Waals surface area contributed by atoms with Crippen molar-refractivity contribution in [2.45, 2.75) is 55.9 Å². The molecule has 1 aliphatic carbocycles. The van der Waals surface area contributed by atoms with Crippen LogP contribution in [-0.4, -0.2) is 27.4 Å². The number of nitrogens with one attached hydrogen (secondary N) is 1. The molecule has 1 saturated carbocycles. The summed E-state index contributed by atoms with van der Waals surface area (Å²) in [4.78, 5) is 13.0. The van der Waals surface area contributed by atoms with Crippen LogP contribution < -0.4 is 9.62 Å². The van der Waals surface area contributed by atoms with Crippen LogP contribution in [-0.2, 0) is 10.0 Å². The number of rotatable bonds is 5. The quantitative estimate of drug-likeness (QED) is 0.811. The predicted molar refractivity (Wildman–Crippen MR) is 112 cm³/mol. The summed E-state index contributed by atoms with van der Waals surface area (Å²) in [5.74, 6) is -0.141. The van der Waals surface area contributed by atoms with Crippen molar-refractivity contribution in [3.05, 3.63) is 60.2 Å². The lowest BCUT2D eigenvalue weighted by Gasteiger charge is -2.22. The Kier molecular flexibility index (Phi) is 6.73. The number of amides is 1. The minimum absolute atomic E-state index is 0.141. The normalized spacial score (nSPS) is 16.0. The number of carbonyl (C=O) groups is 1. The maximum absolute atomic E-state index is 12.8. The zero-order valence-electron chi connectivity index (χ0n) is 16.3. The van der Waals surface area contributed by atoms with E-state index >= 15 is 0 Å². The third-order valence-electron chi connectivity index (χ3n) is 5.31. The first-order valence-corrected chi connectivity index (χ1v) is 11.4. The highest BCUT2D eigenvalue weighted by molar-refractivity contribution is 7.92. The topological polar surface area (TPSA) is 66.5 Å². The van der Waals surface area contributed by atoms with Gasteiger partial charge in [-0.2, -0.15) is 0 Å². The van der Waals surface area contributed by atoms with Crippen molar-refractivity contribution in [2.24, 2.45) is 0 Å². The average molecular weight is 401 g/mol. The van der Waals surface area contributed by atoms with E-state index in [9.17, 15) is 13.2 Å². The summed E-state index contributed by atoms with van der Waals surface area (Å²) in [5, 5.41) is 3.13. The van der Waals surface area contributed by atoms with Crippen LogP contribution in [0.15, 0.2) is 59.5 Å². The van der Waals surface area contributed by atoms with Crippen molar-refractivity contribution in [2.75, 3.05) is 11.4 Å². The maximum Gasteiger partial charge on any atom is 0.264 e. The molecule has 0 heterocycles. The fourth-order valence-corrected chi connectivity index (χ4v) is 4.81. The number of carbonyl (C=O) groups excluding carboxylic acids is 1. The fourth-order valence-electron chi connectivity index (χ4n) is 3.60. The molecule has 1 N–H and O–H groups in total. The molecule has 1 fully saturated rings. The van der Waals surface area contributed by atoms with E-state index in [1.807, 2.05) is 0 Å². The van der Waals surface area contributed by atoms with Crippen molar-refractivity contribution < 1.29 is 13.2 Å². The second kappa shape index (κ2) is 9.24. The molecule has 0 aromatic heterocycles. The Morgan fingerprint density at radius 3 is 2.25 bits per heavy atom. The van der Waals surface area contributed by atoms with E-state index in [2.05, 4.69) is 5.32 Å². The summed E-state index contributed by atoms with van der Waals surface area (Å²) in [6, 6.07) is 15.3. The van der Waals surface area contributed by atoms with E-state index in [1.54, 1.807) is 54.6 Å². The minimum atomic E-state index is -3.67. The summed E-state index contributed by atoms with van der Waals surface area (Å²) < 4.78 is 26.9. The van der Waals surface area contributed by atoms with Gasteiger partial charge in [-0.15, -0.1) is 0 Å². The van der Waals surface area contributed by atoms with Gasteiger partial charge in [0.25, 0.3) is 15.9 Å². The molecular formula is C22H28N2O3S. The highest BCUT2D eigenvalue weighted by Gasteiger charge is 2.22. The molecule has 0 spiro atoms. The molecule has 0 saturated heterocycles. The van der Waals surface area contributed by atoms with Gasteiger partial charge < -0.3 is 5.32 Å². The van der Waals surface area contributed by atoms with Gasteiger partial charge >= 0.3 is 0 Å². The maximum atomic E-state index is 12.8. The average Bonchev–Trinajstić information content (AvgIpc) is 2.70. The smallest absolute Gasteiger partial charge is 0.264 e. The second-order valence-electron chi connectivity index (χ2n) is 7.35. The zero-order chi connectivity index (χ0) is 20.0. The Balaban J connectivity index is 1.75. The van der Waals surface area contributed by atoms with Crippen LogP contribution in [0.5, 0.6) is 0 Å². The molecule has 3 rings (SSSR count). The lowest BCUT2D eigenvalue weighted by Crippen LogP contribution is -2.35. The highest BCUT2D eigenvalue weighted by Crippen LogP contribution is 2.23. The van der Waals surface area contributed by atoms with E-state index in [-0.39, 0.29) is 16.8 Å². The van der Waals surface area contributed by atoms with Gasteiger partial charge in [-0.05, 0) is 43.2 Å². The fraction of sp³-hybridized carbons (Fsp3) is 0.409. The van der Waals surface area contributed by atoms with Gasteiger partial charge in [0.15, 0.2) is 0 Å². The SMILES string of the molecule is CN(c1cccc(C(=O)NC2CCCCCCC2)c1)S(=O)(=O)c1ccccc1. The molecule has 28 heavy (non-hydrogen) atoms. The molecule has 1 aliphatic rings. The van der Waals surface area contributed by atoms with E-state index in [0.29, 0.717) is 11.3 Å². The molecule has 0 atom stereocenters. The van der Waals surface area contributed by atoms with Gasteiger partial charge in [0, 0.05) is 18.7 Å². The van der Waals surface area contributed by atoms with Crippen molar-refractivity contribution in [1.29, 1.82) is 0 Å². The third kappa shape index (κ3) is 4.93. The van der Waals surface area contributed by atoms with Gasteiger partial charge in [0.1, 0.15) is 0 Å². The molecule has 6 heteroatoms. The van der Waals surface area contributed by atoms with Gasteiger partial charge in [0.05, 0.1) is 10.6 Å². The van der Waals surface area contributed by atoms with Crippen LogP contribution in [0.1, 0.15) is 55.3 Å². The number of hydrogen-bond acceptors (Lipinski definition) is 3. The monoisotopic (exact) mass is 400 g/mol. The van der Waals surface area contributed by atoms with Crippen LogP contribution in [0, 0.1) is 0 Å². The number of benzene rings is 2. The van der Waals surface area contributed by atoms with Gasteiger partial charge in [-0.3, -0.25) is 9.10 Å². The molecule has 5 nitrogen and oxygen atoms in total. The zero-order valence-corrected chi connectivity index (χ0v) is 17.1. The van der Waals surface area contributed by atoms with E-state index in [4.69, 9.17) is 0 Å². The summed E-state index contributed by atoms with van der Waals surface area (Å²) in [6.07, 6.45) is 8.03. The van der Waals surface area contributed by atoms with Gasteiger partial charge in [0.2, 0.25) is 0 Å². The molecule has 0 aliphatic heterocycles. The summed E-state index contributed by atoms with van der Waals surface area (Å²) in [5.41, 5.74) is 0.948. The first-order chi connectivity index (χ1) is 13.5.